The van der Waals surface area contributed by atoms with Gasteiger partial charge in [-0.05, 0) is 25.9 Å². The van der Waals surface area contributed by atoms with Crippen LogP contribution in [0.1, 0.15) is 36.7 Å². The number of fused-ring (bicyclic) bond motifs is 1. The van der Waals surface area contributed by atoms with Gasteiger partial charge in [0.2, 0.25) is 5.88 Å². The number of hydrogen-bond acceptors (Lipinski definition) is 4. The molecule has 0 saturated carbocycles. The van der Waals surface area contributed by atoms with E-state index in [0.717, 1.165) is 32.5 Å². The SMILES string of the molecule is CCN1CCCC1CNC(=O)c1cc2n(n1)CCCO2. The summed E-state index contributed by atoms with van der Waals surface area (Å²) in [6.07, 6.45) is 3.33. The van der Waals surface area contributed by atoms with Crippen LogP contribution in [0.3, 0.4) is 0 Å². The monoisotopic (exact) mass is 278 g/mol. The third kappa shape index (κ3) is 2.65. The first-order valence-electron chi connectivity index (χ1n) is 7.51. The van der Waals surface area contributed by atoms with E-state index in [9.17, 15) is 4.79 Å². The number of hydrogen-bond donors (Lipinski definition) is 1. The van der Waals surface area contributed by atoms with Gasteiger partial charge in [-0.1, -0.05) is 6.92 Å². The number of likely N-dealkylation sites (N-methyl/N-ethyl adjacent to an activating group) is 1. The maximum absolute atomic E-state index is 12.2. The second-order valence-electron chi connectivity index (χ2n) is 5.43. The Hall–Kier alpha value is -1.56. The minimum Gasteiger partial charge on any atom is -0.478 e. The second kappa shape index (κ2) is 5.83. The van der Waals surface area contributed by atoms with E-state index in [1.54, 1.807) is 10.7 Å². The van der Waals surface area contributed by atoms with Crippen LogP contribution in [0.5, 0.6) is 5.88 Å². The molecule has 2 aliphatic heterocycles. The van der Waals surface area contributed by atoms with Crippen LogP contribution in [0.25, 0.3) is 0 Å². The molecule has 3 heterocycles. The summed E-state index contributed by atoms with van der Waals surface area (Å²) in [5.74, 6) is 0.607. The highest BCUT2D eigenvalue weighted by atomic mass is 16.5. The smallest absolute Gasteiger partial charge is 0.271 e. The molecule has 0 spiro atoms. The number of nitrogens with one attached hydrogen (secondary N) is 1. The summed E-state index contributed by atoms with van der Waals surface area (Å²) < 4.78 is 7.25. The lowest BCUT2D eigenvalue weighted by molar-refractivity contribution is 0.0935. The van der Waals surface area contributed by atoms with Crippen LogP contribution in [0.15, 0.2) is 6.07 Å². The zero-order valence-corrected chi connectivity index (χ0v) is 12.0. The Morgan fingerprint density at radius 2 is 2.40 bits per heavy atom. The van der Waals surface area contributed by atoms with Crippen molar-refractivity contribution in [3.63, 3.8) is 0 Å². The minimum absolute atomic E-state index is 0.0987. The van der Waals surface area contributed by atoms with Crippen molar-refractivity contribution in [3.05, 3.63) is 11.8 Å². The summed E-state index contributed by atoms with van der Waals surface area (Å²) in [6, 6.07) is 2.21. The van der Waals surface area contributed by atoms with Gasteiger partial charge in [0.1, 0.15) is 0 Å². The number of ether oxygens (including phenoxy) is 1. The average molecular weight is 278 g/mol. The van der Waals surface area contributed by atoms with Crippen LogP contribution < -0.4 is 10.1 Å². The number of aryl methyl sites for hydroxylation is 1. The highest BCUT2D eigenvalue weighted by molar-refractivity contribution is 5.92. The molecule has 1 saturated heterocycles. The number of rotatable bonds is 4. The quantitative estimate of drug-likeness (QED) is 0.888. The van der Waals surface area contributed by atoms with Crippen LogP contribution >= 0.6 is 0 Å². The lowest BCUT2D eigenvalue weighted by Gasteiger charge is -2.22. The number of carbonyl (C=O) groups excluding carboxylic acids is 1. The first kappa shape index (κ1) is 13.4. The lowest BCUT2D eigenvalue weighted by atomic mass is 10.2. The van der Waals surface area contributed by atoms with E-state index in [2.05, 4.69) is 22.2 Å². The van der Waals surface area contributed by atoms with Crippen LogP contribution in [-0.2, 0) is 6.54 Å². The van der Waals surface area contributed by atoms with E-state index in [4.69, 9.17) is 4.74 Å². The molecule has 6 heteroatoms. The van der Waals surface area contributed by atoms with Crippen molar-refractivity contribution in [1.82, 2.24) is 20.0 Å². The fourth-order valence-electron chi connectivity index (χ4n) is 3.02. The van der Waals surface area contributed by atoms with E-state index in [1.807, 2.05) is 0 Å². The topological polar surface area (TPSA) is 59.4 Å². The molecule has 0 bridgehead atoms. The Morgan fingerprint density at radius 3 is 3.20 bits per heavy atom. The molecular weight excluding hydrogens is 256 g/mol. The van der Waals surface area contributed by atoms with Gasteiger partial charge in [-0.15, -0.1) is 0 Å². The van der Waals surface area contributed by atoms with Crippen LogP contribution in [-0.4, -0.2) is 52.9 Å². The van der Waals surface area contributed by atoms with E-state index in [-0.39, 0.29) is 5.91 Å². The molecule has 1 amide bonds. The standard InChI is InChI=1S/C14H22N4O2/c1-2-17-6-3-5-11(17)10-15-14(19)12-9-13-18(16-12)7-4-8-20-13/h9,11H,2-8,10H2,1H3,(H,15,19). The summed E-state index contributed by atoms with van der Waals surface area (Å²) in [4.78, 5) is 14.6. The predicted molar refractivity (Wildman–Crippen MR) is 74.9 cm³/mol. The average Bonchev–Trinajstić information content (AvgIpc) is 3.10. The molecule has 1 aromatic rings. The fourth-order valence-corrected chi connectivity index (χ4v) is 3.02. The van der Waals surface area contributed by atoms with Gasteiger partial charge in [0.05, 0.1) is 6.61 Å². The molecule has 0 aromatic carbocycles. The van der Waals surface area contributed by atoms with E-state index >= 15 is 0 Å². The molecule has 1 fully saturated rings. The van der Waals surface area contributed by atoms with Gasteiger partial charge in [0.25, 0.3) is 5.91 Å². The van der Waals surface area contributed by atoms with Crippen LogP contribution in [0.2, 0.25) is 0 Å². The molecule has 0 aliphatic carbocycles. The number of carbonyl (C=O) groups is 1. The Kier molecular flexibility index (Phi) is 3.91. The molecule has 1 N–H and O–H groups in total. The van der Waals surface area contributed by atoms with Crippen molar-refractivity contribution < 1.29 is 9.53 Å². The van der Waals surface area contributed by atoms with Crippen molar-refractivity contribution in [1.29, 1.82) is 0 Å². The van der Waals surface area contributed by atoms with E-state index < -0.39 is 0 Å². The number of amides is 1. The Morgan fingerprint density at radius 1 is 1.50 bits per heavy atom. The molecule has 2 aliphatic rings. The third-order valence-corrected chi connectivity index (χ3v) is 4.14. The van der Waals surface area contributed by atoms with Crippen molar-refractivity contribution >= 4 is 5.91 Å². The summed E-state index contributed by atoms with van der Waals surface area (Å²) in [5, 5.41) is 7.30. The van der Waals surface area contributed by atoms with Gasteiger partial charge in [-0.25, -0.2) is 4.68 Å². The molecule has 1 unspecified atom stereocenters. The van der Waals surface area contributed by atoms with Crippen molar-refractivity contribution in [2.45, 2.75) is 38.8 Å². The van der Waals surface area contributed by atoms with Crippen molar-refractivity contribution in [2.75, 3.05) is 26.2 Å². The minimum atomic E-state index is -0.0987. The van der Waals surface area contributed by atoms with Gasteiger partial charge >= 0.3 is 0 Å². The van der Waals surface area contributed by atoms with Crippen LogP contribution in [0, 0.1) is 0 Å². The largest absolute Gasteiger partial charge is 0.478 e. The van der Waals surface area contributed by atoms with Crippen molar-refractivity contribution in [2.24, 2.45) is 0 Å². The first-order chi connectivity index (χ1) is 9.78. The van der Waals surface area contributed by atoms with Crippen LogP contribution in [0.4, 0.5) is 0 Å². The molecule has 110 valence electrons. The van der Waals surface area contributed by atoms with E-state index in [1.165, 1.54) is 6.42 Å². The molecule has 3 rings (SSSR count). The van der Waals surface area contributed by atoms with Gasteiger partial charge in [-0.3, -0.25) is 9.69 Å². The zero-order valence-electron chi connectivity index (χ0n) is 12.0. The molecule has 1 atom stereocenters. The molecular formula is C14H22N4O2. The normalized spacial score (nSPS) is 22.4. The summed E-state index contributed by atoms with van der Waals surface area (Å²) >= 11 is 0. The predicted octanol–water partition coefficient (Wildman–Crippen LogP) is 0.880. The third-order valence-electron chi connectivity index (χ3n) is 4.14. The molecule has 20 heavy (non-hydrogen) atoms. The molecule has 1 aromatic heterocycles. The van der Waals surface area contributed by atoms with Gasteiger partial charge in [-0.2, -0.15) is 5.10 Å². The van der Waals surface area contributed by atoms with E-state index in [0.29, 0.717) is 30.8 Å². The number of nitrogens with zero attached hydrogens (tertiary/aromatic N) is 3. The number of aromatic nitrogens is 2. The first-order valence-corrected chi connectivity index (χ1v) is 7.51. The Labute approximate surface area is 119 Å². The highest BCUT2D eigenvalue weighted by Crippen LogP contribution is 2.19. The Bertz CT molecular complexity index is 462. The zero-order chi connectivity index (χ0) is 13.9. The maximum Gasteiger partial charge on any atom is 0.271 e. The maximum atomic E-state index is 12.2. The Balaban J connectivity index is 1.57. The van der Waals surface area contributed by atoms with Gasteiger partial charge < -0.3 is 10.1 Å². The van der Waals surface area contributed by atoms with Crippen molar-refractivity contribution in [3.8, 4) is 5.88 Å². The fraction of sp³-hybridized carbons (Fsp3) is 0.714. The summed E-state index contributed by atoms with van der Waals surface area (Å²) in [7, 11) is 0. The second-order valence-corrected chi connectivity index (χ2v) is 5.43. The number of likely N-dealkylation sites (tertiary alicyclic amines) is 1. The molecule has 0 radical (unpaired) electrons. The van der Waals surface area contributed by atoms with Gasteiger partial charge in [0, 0.05) is 31.6 Å². The summed E-state index contributed by atoms with van der Waals surface area (Å²) in [5.41, 5.74) is 0.461. The lowest BCUT2D eigenvalue weighted by Crippen LogP contribution is -2.40. The summed E-state index contributed by atoms with van der Waals surface area (Å²) in [6.45, 7) is 6.60. The highest BCUT2D eigenvalue weighted by Gasteiger charge is 2.24. The van der Waals surface area contributed by atoms with Gasteiger partial charge in [0.15, 0.2) is 5.69 Å². The molecule has 6 nitrogen and oxygen atoms in total.